The van der Waals surface area contributed by atoms with Crippen molar-refractivity contribution >= 4 is 29.2 Å². The van der Waals surface area contributed by atoms with Crippen molar-refractivity contribution in [2.75, 3.05) is 47.0 Å². The fourth-order valence-corrected chi connectivity index (χ4v) is 3.33. The molecule has 3 heterocycles. The van der Waals surface area contributed by atoms with E-state index >= 15 is 0 Å². The van der Waals surface area contributed by atoms with Crippen LogP contribution in [0, 0.1) is 0 Å². The van der Waals surface area contributed by atoms with Gasteiger partial charge in [-0.3, -0.25) is 4.79 Å². The van der Waals surface area contributed by atoms with Crippen molar-refractivity contribution < 1.29 is 22.7 Å². The number of rotatable bonds is 5. The van der Waals surface area contributed by atoms with E-state index in [2.05, 4.69) is 29.9 Å². The number of pyridine rings is 1. The molecular formula is C21H20F3N7O2. The minimum absolute atomic E-state index is 0.00156. The van der Waals surface area contributed by atoms with Gasteiger partial charge in [-0.05, 0) is 36.4 Å². The summed E-state index contributed by atoms with van der Waals surface area (Å²) in [5.74, 6) is 0.349. The van der Waals surface area contributed by atoms with Crippen molar-refractivity contribution in [2.45, 2.75) is 6.36 Å². The van der Waals surface area contributed by atoms with Gasteiger partial charge < -0.3 is 25.6 Å². The number of halogens is 3. The predicted molar refractivity (Wildman–Crippen MR) is 116 cm³/mol. The third-order valence-electron chi connectivity index (χ3n) is 4.93. The smallest absolute Gasteiger partial charge is 0.406 e. The van der Waals surface area contributed by atoms with Crippen LogP contribution in [0.1, 0.15) is 10.4 Å². The zero-order chi connectivity index (χ0) is 23.4. The summed E-state index contributed by atoms with van der Waals surface area (Å²) in [5, 5.41) is 2.55. The molecule has 33 heavy (non-hydrogen) atoms. The van der Waals surface area contributed by atoms with Crippen molar-refractivity contribution in [1.29, 1.82) is 0 Å². The van der Waals surface area contributed by atoms with Crippen LogP contribution in [0.4, 0.5) is 36.4 Å². The number of carbonyl (C=O) groups is 1. The molecule has 0 bridgehead atoms. The second-order valence-electron chi connectivity index (χ2n) is 7.16. The van der Waals surface area contributed by atoms with Crippen LogP contribution >= 0.6 is 0 Å². The van der Waals surface area contributed by atoms with Gasteiger partial charge in [-0.25, -0.2) is 9.97 Å². The van der Waals surface area contributed by atoms with Gasteiger partial charge in [-0.15, -0.1) is 13.2 Å². The number of benzene rings is 1. The number of ether oxygens (including phenoxy) is 1. The summed E-state index contributed by atoms with van der Waals surface area (Å²) < 4.78 is 40.6. The highest BCUT2D eigenvalue weighted by Crippen LogP contribution is 2.24. The average molecular weight is 459 g/mol. The highest BCUT2D eigenvalue weighted by atomic mass is 19.4. The summed E-state index contributed by atoms with van der Waals surface area (Å²) in [6, 6.07) is 10.5. The molecule has 3 aromatic rings. The Balaban J connectivity index is 1.37. The Labute approximate surface area is 187 Å². The van der Waals surface area contributed by atoms with E-state index in [1.54, 1.807) is 6.20 Å². The number of alkyl halides is 3. The van der Waals surface area contributed by atoms with Gasteiger partial charge in [0.05, 0.1) is 0 Å². The Morgan fingerprint density at radius 2 is 1.70 bits per heavy atom. The Morgan fingerprint density at radius 3 is 2.30 bits per heavy atom. The van der Waals surface area contributed by atoms with Crippen LogP contribution in [0.3, 0.4) is 0 Å². The van der Waals surface area contributed by atoms with Gasteiger partial charge in [-0.1, -0.05) is 6.07 Å². The number of nitrogens with two attached hydrogens (primary N) is 1. The van der Waals surface area contributed by atoms with E-state index in [0.29, 0.717) is 19.0 Å². The molecule has 0 atom stereocenters. The first kappa shape index (κ1) is 22.1. The summed E-state index contributed by atoms with van der Waals surface area (Å²) in [4.78, 5) is 29.5. The third-order valence-corrected chi connectivity index (χ3v) is 4.93. The molecule has 0 radical (unpaired) electrons. The molecule has 0 unspecified atom stereocenters. The summed E-state index contributed by atoms with van der Waals surface area (Å²) in [7, 11) is 0. The first-order chi connectivity index (χ1) is 15.8. The number of carbonyl (C=O) groups excluding carboxylic acids is 1. The lowest BCUT2D eigenvalue weighted by Crippen LogP contribution is -2.47. The lowest BCUT2D eigenvalue weighted by Gasteiger charge is -2.35. The number of nitrogen functional groups attached to an aromatic ring is 1. The van der Waals surface area contributed by atoms with Crippen LogP contribution in [0.2, 0.25) is 0 Å². The second kappa shape index (κ2) is 9.18. The monoisotopic (exact) mass is 459 g/mol. The third kappa shape index (κ3) is 5.59. The molecule has 1 saturated heterocycles. The largest absolute Gasteiger partial charge is 0.573 e. The van der Waals surface area contributed by atoms with Gasteiger partial charge in [-0.2, -0.15) is 4.98 Å². The minimum atomic E-state index is -4.79. The van der Waals surface area contributed by atoms with E-state index in [4.69, 9.17) is 5.73 Å². The zero-order valence-corrected chi connectivity index (χ0v) is 17.3. The number of hydrogen-bond acceptors (Lipinski definition) is 8. The second-order valence-corrected chi connectivity index (χ2v) is 7.16. The van der Waals surface area contributed by atoms with Crippen LogP contribution < -0.4 is 25.6 Å². The fraction of sp³-hybridized carbons (Fsp3) is 0.238. The summed E-state index contributed by atoms with van der Waals surface area (Å²) in [6.45, 7) is 2.79. The van der Waals surface area contributed by atoms with E-state index in [9.17, 15) is 18.0 Å². The van der Waals surface area contributed by atoms with Crippen molar-refractivity contribution in [1.82, 2.24) is 15.0 Å². The van der Waals surface area contributed by atoms with E-state index in [1.165, 1.54) is 18.3 Å². The highest BCUT2D eigenvalue weighted by Gasteiger charge is 2.31. The minimum Gasteiger partial charge on any atom is -0.406 e. The normalized spacial score (nSPS) is 14.2. The first-order valence-corrected chi connectivity index (χ1v) is 9.99. The van der Waals surface area contributed by atoms with Crippen LogP contribution in [0.5, 0.6) is 5.75 Å². The molecule has 0 saturated carbocycles. The number of piperazine rings is 1. The number of hydrogen-bond donors (Lipinski definition) is 2. The number of anilines is 4. The molecule has 0 spiro atoms. The molecule has 172 valence electrons. The quantitative estimate of drug-likeness (QED) is 0.600. The molecule has 12 heteroatoms. The predicted octanol–water partition coefficient (Wildman–Crippen LogP) is 2.93. The van der Waals surface area contributed by atoms with Gasteiger partial charge in [0.25, 0.3) is 5.91 Å². The van der Waals surface area contributed by atoms with Crippen molar-refractivity contribution in [3.05, 3.63) is 60.4 Å². The topological polar surface area (TPSA) is 110 Å². The van der Waals surface area contributed by atoms with Crippen molar-refractivity contribution in [3.63, 3.8) is 0 Å². The van der Waals surface area contributed by atoms with Crippen LogP contribution in [-0.4, -0.2) is 53.4 Å². The van der Waals surface area contributed by atoms with Crippen LogP contribution in [-0.2, 0) is 0 Å². The molecule has 1 fully saturated rings. The van der Waals surface area contributed by atoms with Gasteiger partial charge in [0.2, 0.25) is 5.95 Å². The molecular weight excluding hydrogens is 439 g/mol. The Morgan fingerprint density at radius 1 is 1.00 bits per heavy atom. The van der Waals surface area contributed by atoms with E-state index < -0.39 is 18.0 Å². The SMILES string of the molecule is Nc1nc(N2CCN(c3ccccn3)CC2)ncc1C(=O)Nc1ccc(OC(F)(F)F)cc1. The summed E-state index contributed by atoms with van der Waals surface area (Å²) in [6.07, 6.45) is -1.71. The average Bonchev–Trinajstić information content (AvgIpc) is 2.80. The molecule has 1 aliphatic rings. The molecule has 1 amide bonds. The molecule has 4 rings (SSSR count). The fourth-order valence-electron chi connectivity index (χ4n) is 3.33. The van der Waals surface area contributed by atoms with E-state index in [1.807, 2.05) is 23.1 Å². The van der Waals surface area contributed by atoms with Gasteiger partial charge in [0, 0.05) is 44.3 Å². The van der Waals surface area contributed by atoms with E-state index in [0.717, 1.165) is 31.0 Å². The number of nitrogens with zero attached hydrogens (tertiary/aromatic N) is 5. The van der Waals surface area contributed by atoms with Crippen molar-refractivity contribution in [2.24, 2.45) is 0 Å². The molecule has 0 aliphatic carbocycles. The van der Waals surface area contributed by atoms with Crippen LogP contribution in [0.25, 0.3) is 0 Å². The zero-order valence-electron chi connectivity index (χ0n) is 17.3. The van der Waals surface area contributed by atoms with Gasteiger partial charge in [0.1, 0.15) is 22.9 Å². The first-order valence-electron chi connectivity index (χ1n) is 9.99. The Bertz CT molecular complexity index is 1100. The number of aromatic nitrogens is 3. The summed E-state index contributed by atoms with van der Waals surface area (Å²) in [5.41, 5.74) is 6.31. The van der Waals surface area contributed by atoms with Gasteiger partial charge >= 0.3 is 6.36 Å². The van der Waals surface area contributed by atoms with Crippen molar-refractivity contribution in [3.8, 4) is 5.75 Å². The number of nitrogens with one attached hydrogen (secondary N) is 1. The maximum atomic E-state index is 12.5. The van der Waals surface area contributed by atoms with E-state index in [-0.39, 0.29) is 17.1 Å². The van der Waals surface area contributed by atoms with Crippen LogP contribution in [0.15, 0.2) is 54.9 Å². The molecule has 2 aromatic heterocycles. The standard InChI is InChI=1S/C21H20F3N7O2/c22-21(23,24)33-15-6-4-14(5-7-15)28-19(32)16-13-27-20(29-18(16)25)31-11-9-30(10-12-31)17-3-1-2-8-26-17/h1-8,13H,9-12H2,(H,28,32)(H2,25,27,29). The Hall–Kier alpha value is -4.09. The van der Waals surface area contributed by atoms with Gasteiger partial charge in [0.15, 0.2) is 0 Å². The molecule has 1 aliphatic heterocycles. The lowest BCUT2D eigenvalue weighted by molar-refractivity contribution is -0.274. The number of amides is 1. The highest BCUT2D eigenvalue weighted by molar-refractivity contribution is 6.07. The maximum absolute atomic E-state index is 12.5. The molecule has 9 nitrogen and oxygen atoms in total. The Kier molecular flexibility index (Phi) is 6.16. The summed E-state index contributed by atoms with van der Waals surface area (Å²) >= 11 is 0. The molecule has 1 aromatic carbocycles. The maximum Gasteiger partial charge on any atom is 0.573 e. The molecule has 3 N–H and O–H groups in total. The lowest BCUT2D eigenvalue weighted by atomic mass is 10.2.